The van der Waals surface area contributed by atoms with Crippen molar-refractivity contribution in [3.05, 3.63) is 58.1 Å². The van der Waals surface area contributed by atoms with Crippen LogP contribution >= 0.6 is 0 Å². The van der Waals surface area contributed by atoms with Crippen LogP contribution in [0.2, 0.25) is 0 Å². The number of carbonyl (C=O) groups excluding carboxylic acids is 1. The molecule has 2 N–H and O–H groups in total. The fourth-order valence-corrected chi connectivity index (χ4v) is 4.72. The van der Waals surface area contributed by atoms with Gasteiger partial charge in [-0.15, -0.1) is 0 Å². The summed E-state index contributed by atoms with van der Waals surface area (Å²) in [5.41, 5.74) is 3.25. The number of aromatic nitrogens is 1. The molecule has 2 aromatic carbocycles. The number of nitrogens with zero attached hydrogens (tertiary/aromatic N) is 1. The molecule has 0 aliphatic heterocycles. The first-order valence-corrected chi connectivity index (χ1v) is 11.5. The van der Waals surface area contributed by atoms with E-state index in [1.54, 1.807) is 0 Å². The zero-order chi connectivity index (χ0) is 22.9. The number of hydrogen-bond acceptors (Lipinski definition) is 5. The minimum atomic E-state index is -4.04. The van der Waals surface area contributed by atoms with Gasteiger partial charge in [-0.1, -0.05) is 19.9 Å². The van der Waals surface area contributed by atoms with Gasteiger partial charge in [0.1, 0.15) is 6.04 Å². The average molecular weight is 446 g/mol. The summed E-state index contributed by atoms with van der Waals surface area (Å²) < 4.78 is 34.9. The fourth-order valence-electron chi connectivity index (χ4n) is 3.49. The first kappa shape index (κ1) is 22.8. The molecule has 1 amide bonds. The summed E-state index contributed by atoms with van der Waals surface area (Å²) >= 11 is 0. The van der Waals surface area contributed by atoms with E-state index < -0.39 is 27.7 Å². The van der Waals surface area contributed by atoms with Crippen LogP contribution in [0.4, 0.5) is 5.69 Å². The molecule has 0 spiro atoms. The van der Waals surface area contributed by atoms with Crippen LogP contribution in [0.5, 0.6) is 0 Å². The normalized spacial score (nSPS) is 13.0. The topological polar surface area (TPSA) is 110 Å². The molecule has 1 aromatic heterocycles. The average Bonchev–Trinajstić information content (AvgIpc) is 2.93. The molecular formula is C22H27N3O5S. The second-order valence-electron chi connectivity index (χ2n) is 8.23. The van der Waals surface area contributed by atoms with Crippen molar-refractivity contribution >= 4 is 32.7 Å². The molecule has 0 aliphatic rings. The molecule has 0 fully saturated rings. The van der Waals surface area contributed by atoms with Gasteiger partial charge in [0.25, 0.3) is 0 Å². The molecule has 0 saturated carbocycles. The van der Waals surface area contributed by atoms with E-state index in [-0.39, 0.29) is 16.4 Å². The minimum Gasteiger partial charge on any atom is -0.408 e. The lowest BCUT2D eigenvalue weighted by atomic mass is 10.0. The largest absolute Gasteiger partial charge is 0.419 e. The second kappa shape index (κ2) is 8.68. The highest BCUT2D eigenvalue weighted by Crippen LogP contribution is 2.20. The molecule has 0 unspecified atom stereocenters. The van der Waals surface area contributed by atoms with Crippen LogP contribution in [-0.2, 0) is 21.9 Å². The molecule has 3 aromatic rings. The van der Waals surface area contributed by atoms with Crippen LogP contribution in [-0.4, -0.2) is 24.9 Å². The van der Waals surface area contributed by atoms with Gasteiger partial charge >= 0.3 is 5.76 Å². The molecule has 0 saturated heterocycles. The van der Waals surface area contributed by atoms with Crippen LogP contribution in [0.25, 0.3) is 11.1 Å². The fraction of sp³-hybridized carbons (Fsp3) is 0.364. The third-order valence-corrected chi connectivity index (χ3v) is 6.35. The van der Waals surface area contributed by atoms with Gasteiger partial charge in [0.15, 0.2) is 5.58 Å². The Hall–Kier alpha value is -2.91. The first-order chi connectivity index (χ1) is 14.5. The van der Waals surface area contributed by atoms with Gasteiger partial charge in [-0.05, 0) is 61.6 Å². The van der Waals surface area contributed by atoms with Gasteiger partial charge in [0.05, 0.1) is 10.4 Å². The van der Waals surface area contributed by atoms with Crippen molar-refractivity contribution in [1.82, 2.24) is 9.29 Å². The third kappa shape index (κ3) is 5.23. The van der Waals surface area contributed by atoms with Gasteiger partial charge in [0.2, 0.25) is 15.9 Å². The molecule has 9 heteroatoms. The molecule has 0 bridgehead atoms. The van der Waals surface area contributed by atoms with Gasteiger partial charge in [-0.2, -0.15) is 4.72 Å². The van der Waals surface area contributed by atoms with Gasteiger partial charge in [0, 0.05) is 18.8 Å². The van der Waals surface area contributed by atoms with Crippen LogP contribution in [0, 0.1) is 19.8 Å². The minimum absolute atomic E-state index is 0.0762. The Balaban J connectivity index is 1.88. The second-order valence-corrected chi connectivity index (χ2v) is 9.94. The molecule has 0 aliphatic carbocycles. The molecule has 166 valence electrons. The Morgan fingerprint density at radius 3 is 2.35 bits per heavy atom. The Bertz CT molecular complexity index is 1270. The van der Waals surface area contributed by atoms with E-state index in [0.29, 0.717) is 17.6 Å². The summed E-state index contributed by atoms with van der Waals surface area (Å²) in [7, 11) is -2.50. The molecule has 1 atom stereocenters. The van der Waals surface area contributed by atoms with Crippen molar-refractivity contribution in [2.75, 3.05) is 5.32 Å². The van der Waals surface area contributed by atoms with Gasteiger partial charge < -0.3 is 9.73 Å². The Labute approximate surface area is 181 Å². The van der Waals surface area contributed by atoms with E-state index in [9.17, 15) is 18.0 Å². The number of nitrogens with one attached hydrogen (secondary N) is 2. The number of fused-ring (bicyclic) bond motifs is 1. The maximum Gasteiger partial charge on any atom is 0.419 e. The van der Waals surface area contributed by atoms with Crippen molar-refractivity contribution in [2.24, 2.45) is 13.0 Å². The van der Waals surface area contributed by atoms with E-state index in [1.807, 2.05) is 45.9 Å². The van der Waals surface area contributed by atoms with E-state index >= 15 is 0 Å². The summed E-state index contributed by atoms with van der Waals surface area (Å²) in [4.78, 5) is 24.5. The molecule has 8 nitrogen and oxygen atoms in total. The third-order valence-electron chi connectivity index (χ3n) is 4.88. The highest BCUT2D eigenvalue weighted by molar-refractivity contribution is 7.89. The van der Waals surface area contributed by atoms with Crippen molar-refractivity contribution in [3.63, 3.8) is 0 Å². The van der Waals surface area contributed by atoms with E-state index in [2.05, 4.69) is 10.0 Å². The summed E-state index contributed by atoms with van der Waals surface area (Å²) in [6, 6.07) is 8.85. The summed E-state index contributed by atoms with van der Waals surface area (Å²) in [6.07, 6.45) is 0.318. The zero-order valence-corrected chi connectivity index (χ0v) is 19.0. The number of hydrogen-bond donors (Lipinski definition) is 2. The monoisotopic (exact) mass is 445 g/mol. The molecule has 1 heterocycles. The molecule has 0 radical (unpaired) electrons. The molecule has 3 rings (SSSR count). The number of anilines is 1. The lowest BCUT2D eigenvalue weighted by molar-refractivity contribution is -0.118. The number of oxazole rings is 1. The maximum atomic E-state index is 13.0. The number of sulfonamides is 1. The number of benzene rings is 2. The standard InChI is InChI=1S/C22H27N3O5S/c1-13(2)8-18(21(26)23-16-10-14(3)9-15(4)11-16)24-31(28,29)17-6-7-19-20(12-17)30-22(27)25(19)5/h6-7,9-13,18,24H,8H2,1-5H3,(H,23,26)/t18-/m0/s1. The van der Waals surface area contributed by atoms with Crippen LogP contribution in [0.1, 0.15) is 31.4 Å². The van der Waals surface area contributed by atoms with Gasteiger partial charge in [-0.25, -0.2) is 13.2 Å². The Morgan fingerprint density at radius 2 is 1.74 bits per heavy atom. The zero-order valence-electron chi connectivity index (χ0n) is 18.2. The highest BCUT2D eigenvalue weighted by atomic mass is 32.2. The summed E-state index contributed by atoms with van der Waals surface area (Å²) in [6.45, 7) is 7.68. The summed E-state index contributed by atoms with van der Waals surface area (Å²) in [5, 5.41) is 2.81. The SMILES string of the molecule is Cc1cc(C)cc(NC(=O)[C@H](CC(C)C)NS(=O)(=O)c2ccc3c(c2)oc(=O)n3C)c1. The van der Waals surface area contributed by atoms with Crippen molar-refractivity contribution in [2.45, 2.75) is 45.1 Å². The lowest BCUT2D eigenvalue weighted by Gasteiger charge is -2.20. The smallest absolute Gasteiger partial charge is 0.408 e. The van der Waals surface area contributed by atoms with Crippen molar-refractivity contribution in [1.29, 1.82) is 0 Å². The molecule has 31 heavy (non-hydrogen) atoms. The lowest BCUT2D eigenvalue weighted by Crippen LogP contribution is -2.44. The van der Waals surface area contributed by atoms with E-state index in [0.717, 1.165) is 11.1 Å². The van der Waals surface area contributed by atoms with Crippen molar-refractivity contribution in [3.8, 4) is 0 Å². The first-order valence-electron chi connectivity index (χ1n) is 9.97. The molecular weight excluding hydrogens is 418 g/mol. The van der Waals surface area contributed by atoms with Crippen LogP contribution in [0.15, 0.2) is 50.5 Å². The quantitative estimate of drug-likeness (QED) is 0.581. The van der Waals surface area contributed by atoms with Crippen LogP contribution < -0.4 is 15.8 Å². The Kier molecular flexibility index (Phi) is 6.38. The van der Waals surface area contributed by atoms with Crippen molar-refractivity contribution < 1.29 is 17.6 Å². The number of rotatable bonds is 7. The number of carbonyl (C=O) groups is 1. The number of aryl methyl sites for hydroxylation is 3. The van der Waals surface area contributed by atoms with Gasteiger partial charge in [-0.3, -0.25) is 9.36 Å². The van der Waals surface area contributed by atoms with E-state index in [4.69, 9.17) is 4.42 Å². The van der Waals surface area contributed by atoms with E-state index in [1.165, 1.54) is 29.8 Å². The Morgan fingerprint density at radius 1 is 1.10 bits per heavy atom. The predicted octanol–water partition coefficient (Wildman–Crippen LogP) is 3.08. The maximum absolute atomic E-state index is 13.0. The number of amides is 1. The highest BCUT2D eigenvalue weighted by Gasteiger charge is 2.27. The summed E-state index contributed by atoms with van der Waals surface area (Å²) in [5.74, 6) is -0.940. The van der Waals surface area contributed by atoms with Crippen LogP contribution in [0.3, 0.4) is 0 Å². The predicted molar refractivity (Wildman–Crippen MR) is 120 cm³/mol.